The Morgan fingerprint density at radius 1 is 1.42 bits per heavy atom. The van der Waals surface area contributed by atoms with Crippen LogP contribution in [0.1, 0.15) is 35.1 Å². The number of rotatable bonds is 2. The number of aromatic carboxylic acids is 1. The van der Waals surface area contributed by atoms with Crippen LogP contribution >= 0.6 is 23.4 Å². The number of carboxylic acid groups (broad SMARTS) is 1. The van der Waals surface area contributed by atoms with Crippen LogP contribution in [0, 0.1) is 0 Å². The summed E-state index contributed by atoms with van der Waals surface area (Å²) in [5, 5.41) is 9.70. The maximum absolute atomic E-state index is 11.4. The molecule has 1 saturated heterocycles. The topological polar surface area (TPSA) is 54.6 Å². The lowest BCUT2D eigenvalue weighted by Gasteiger charge is -2.20. The monoisotopic (exact) mass is 296 g/mol. The molecule has 0 radical (unpaired) electrons. The summed E-state index contributed by atoms with van der Waals surface area (Å²) in [6.07, 6.45) is 2.04. The van der Waals surface area contributed by atoms with Gasteiger partial charge in [-0.1, -0.05) is 17.7 Å². The minimum absolute atomic E-state index is 0.227. The molecule has 1 fully saturated rings. The van der Waals surface area contributed by atoms with Crippen LogP contribution in [0.2, 0.25) is 5.15 Å². The summed E-state index contributed by atoms with van der Waals surface area (Å²) in [7, 11) is 0. The molecule has 0 saturated carbocycles. The zero-order valence-electron chi connectivity index (χ0n) is 10.2. The summed E-state index contributed by atoms with van der Waals surface area (Å²) >= 11 is 8.07. The van der Waals surface area contributed by atoms with Crippen molar-refractivity contribution < 1.29 is 9.90 Å². The van der Waals surface area contributed by atoms with E-state index >= 15 is 0 Å². The maximum atomic E-state index is 11.4. The summed E-state index contributed by atoms with van der Waals surface area (Å²) in [5.41, 5.74) is 0.903. The summed E-state index contributed by atoms with van der Waals surface area (Å²) in [6.45, 7) is 0. The third-order valence-electron chi connectivity index (χ3n) is 3.45. The van der Waals surface area contributed by atoms with Gasteiger partial charge in [-0.3, -0.25) is 4.40 Å². The molecule has 3 rings (SSSR count). The number of thioether (sulfide) groups is 1. The number of hydrogen-bond donors (Lipinski definition) is 1. The molecule has 1 aliphatic heterocycles. The average Bonchev–Trinajstić information content (AvgIpc) is 2.77. The van der Waals surface area contributed by atoms with E-state index < -0.39 is 5.97 Å². The molecule has 2 aromatic rings. The molecule has 100 valence electrons. The molecular weight excluding hydrogens is 284 g/mol. The highest BCUT2D eigenvalue weighted by Crippen LogP contribution is 2.33. The molecule has 0 spiro atoms. The fourth-order valence-electron chi connectivity index (χ4n) is 2.52. The molecule has 0 atom stereocenters. The minimum Gasteiger partial charge on any atom is -0.477 e. The Morgan fingerprint density at radius 2 is 2.16 bits per heavy atom. The fourth-order valence-corrected chi connectivity index (χ4v) is 3.86. The highest BCUT2D eigenvalue weighted by molar-refractivity contribution is 7.99. The van der Waals surface area contributed by atoms with Crippen molar-refractivity contribution in [2.75, 3.05) is 11.5 Å². The zero-order valence-corrected chi connectivity index (χ0v) is 11.7. The predicted octanol–water partition coefficient (Wildman–Crippen LogP) is 3.30. The van der Waals surface area contributed by atoms with Gasteiger partial charge in [0.1, 0.15) is 11.5 Å². The van der Waals surface area contributed by atoms with Gasteiger partial charge in [-0.25, -0.2) is 9.78 Å². The number of pyridine rings is 1. The SMILES string of the molecule is O=C(O)c1cccc2c(Cl)nc(C3CCSCC3)n12. The first-order chi connectivity index (χ1) is 9.18. The van der Waals surface area contributed by atoms with Gasteiger partial charge in [0.05, 0.1) is 5.52 Å². The third kappa shape index (κ3) is 2.21. The molecule has 19 heavy (non-hydrogen) atoms. The molecule has 4 nitrogen and oxygen atoms in total. The zero-order chi connectivity index (χ0) is 13.4. The first-order valence-electron chi connectivity index (χ1n) is 6.16. The molecule has 2 aromatic heterocycles. The van der Waals surface area contributed by atoms with E-state index in [0.29, 0.717) is 16.6 Å². The molecule has 6 heteroatoms. The number of carboxylic acids is 1. The number of carbonyl (C=O) groups is 1. The molecule has 0 unspecified atom stereocenters. The molecule has 0 amide bonds. The maximum Gasteiger partial charge on any atom is 0.352 e. The Kier molecular flexibility index (Phi) is 3.41. The van der Waals surface area contributed by atoms with Crippen molar-refractivity contribution in [2.24, 2.45) is 0 Å². The van der Waals surface area contributed by atoms with Crippen molar-refractivity contribution in [3.05, 3.63) is 34.9 Å². The minimum atomic E-state index is -0.953. The second kappa shape index (κ2) is 5.06. The van der Waals surface area contributed by atoms with E-state index in [0.717, 1.165) is 30.2 Å². The standard InChI is InChI=1S/C13H13ClN2O2S/c14-11-9-2-1-3-10(13(17)18)16(9)12(15-11)8-4-6-19-7-5-8/h1-3,8H,4-7H2,(H,17,18). The highest BCUT2D eigenvalue weighted by Gasteiger charge is 2.24. The van der Waals surface area contributed by atoms with Gasteiger partial charge in [-0.05, 0) is 36.5 Å². The van der Waals surface area contributed by atoms with Crippen molar-refractivity contribution in [3.8, 4) is 0 Å². The van der Waals surface area contributed by atoms with Crippen molar-refractivity contribution in [2.45, 2.75) is 18.8 Å². The Labute approximate surface area is 119 Å². The molecule has 0 aliphatic carbocycles. The first kappa shape index (κ1) is 12.8. The van der Waals surface area contributed by atoms with Crippen molar-refractivity contribution >= 4 is 34.8 Å². The Morgan fingerprint density at radius 3 is 2.84 bits per heavy atom. The van der Waals surface area contributed by atoms with E-state index in [1.807, 2.05) is 17.8 Å². The number of imidazole rings is 1. The molecule has 0 bridgehead atoms. The van der Waals surface area contributed by atoms with Crippen molar-refractivity contribution in [3.63, 3.8) is 0 Å². The molecule has 0 aromatic carbocycles. The third-order valence-corrected chi connectivity index (χ3v) is 4.78. The largest absolute Gasteiger partial charge is 0.477 e. The lowest BCUT2D eigenvalue weighted by molar-refractivity contribution is 0.0688. The molecule has 3 heterocycles. The van der Waals surface area contributed by atoms with Gasteiger partial charge in [0.15, 0.2) is 5.15 Å². The number of fused-ring (bicyclic) bond motifs is 1. The second-order valence-corrected chi connectivity index (χ2v) is 6.17. The summed E-state index contributed by atoms with van der Waals surface area (Å²) < 4.78 is 1.70. The number of halogens is 1. The van der Waals surface area contributed by atoms with Crippen LogP contribution in [0.5, 0.6) is 0 Å². The average molecular weight is 297 g/mol. The van der Waals surface area contributed by atoms with Gasteiger partial charge < -0.3 is 5.11 Å². The van der Waals surface area contributed by atoms with E-state index in [1.54, 1.807) is 16.5 Å². The Balaban J connectivity index is 2.20. The van der Waals surface area contributed by atoms with E-state index in [-0.39, 0.29) is 5.69 Å². The van der Waals surface area contributed by atoms with Crippen LogP contribution in [0.25, 0.3) is 5.52 Å². The second-order valence-electron chi connectivity index (χ2n) is 4.58. The van der Waals surface area contributed by atoms with E-state index in [1.165, 1.54) is 0 Å². The van der Waals surface area contributed by atoms with Gasteiger partial charge in [-0.2, -0.15) is 11.8 Å². The molecular formula is C13H13ClN2O2S. The predicted molar refractivity (Wildman–Crippen MR) is 76.5 cm³/mol. The van der Waals surface area contributed by atoms with Crippen molar-refractivity contribution in [1.82, 2.24) is 9.38 Å². The van der Waals surface area contributed by atoms with Gasteiger partial charge in [-0.15, -0.1) is 0 Å². The van der Waals surface area contributed by atoms with Gasteiger partial charge in [0, 0.05) is 5.92 Å². The van der Waals surface area contributed by atoms with Crippen LogP contribution in [0.4, 0.5) is 0 Å². The molecule has 1 N–H and O–H groups in total. The smallest absolute Gasteiger partial charge is 0.352 e. The van der Waals surface area contributed by atoms with Crippen LogP contribution < -0.4 is 0 Å². The summed E-state index contributed by atoms with van der Waals surface area (Å²) in [4.78, 5) is 15.8. The number of aromatic nitrogens is 2. The Hall–Kier alpha value is -1.20. The van der Waals surface area contributed by atoms with Crippen molar-refractivity contribution in [1.29, 1.82) is 0 Å². The number of hydrogen-bond acceptors (Lipinski definition) is 3. The number of nitrogens with zero attached hydrogens (tertiary/aromatic N) is 2. The molecule has 1 aliphatic rings. The van der Waals surface area contributed by atoms with Crippen LogP contribution in [0.3, 0.4) is 0 Å². The quantitative estimate of drug-likeness (QED) is 0.924. The first-order valence-corrected chi connectivity index (χ1v) is 7.69. The van der Waals surface area contributed by atoms with Crippen LogP contribution in [-0.4, -0.2) is 32.0 Å². The summed E-state index contributed by atoms with van der Waals surface area (Å²) in [5.74, 6) is 2.31. The highest BCUT2D eigenvalue weighted by atomic mass is 35.5. The van der Waals surface area contributed by atoms with Crippen LogP contribution in [0.15, 0.2) is 18.2 Å². The summed E-state index contributed by atoms with van der Waals surface area (Å²) in [6, 6.07) is 5.10. The lowest BCUT2D eigenvalue weighted by Crippen LogP contribution is -2.14. The van der Waals surface area contributed by atoms with Gasteiger partial charge >= 0.3 is 5.97 Å². The van der Waals surface area contributed by atoms with Gasteiger partial charge in [0.2, 0.25) is 0 Å². The van der Waals surface area contributed by atoms with E-state index in [2.05, 4.69) is 4.98 Å². The normalized spacial score (nSPS) is 16.9. The Bertz CT molecular complexity index is 635. The van der Waals surface area contributed by atoms with E-state index in [9.17, 15) is 9.90 Å². The van der Waals surface area contributed by atoms with Crippen LogP contribution in [-0.2, 0) is 0 Å². The van der Waals surface area contributed by atoms with Gasteiger partial charge in [0.25, 0.3) is 0 Å². The van der Waals surface area contributed by atoms with E-state index in [4.69, 9.17) is 11.6 Å². The lowest BCUT2D eigenvalue weighted by atomic mass is 10.0. The fraction of sp³-hybridized carbons (Fsp3) is 0.385.